The van der Waals surface area contributed by atoms with Crippen molar-refractivity contribution in [1.29, 1.82) is 0 Å². The van der Waals surface area contributed by atoms with Gasteiger partial charge in [0, 0.05) is 19.1 Å². The number of hydrogen-bond donors (Lipinski definition) is 0. The second-order valence-electron chi connectivity index (χ2n) is 9.70. The summed E-state index contributed by atoms with van der Waals surface area (Å²) in [6.45, 7) is 9.17. The quantitative estimate of drug-likeness (QED) is 0.661. The van der Waals surface area contributed by atoms with Crippen LogP contribution in [0.1, 0.15) is 65.4 Å². The number of nitrogens with zero attached hydrogens (tertiary/aromatic N) is 2. The minimum Gasteiger partial charge on any atom is -0.445 e. The number of likely N-dealkylation sites (tertiary alicyclic amines) is 1. The molecule has 30 heavy (non-hydrogen) atoms. The molecule has 2 amide bonds. The summed E-state index contributed by atoms with van der Waals surface area (Å²) < 4.78 is 11.3. The van der Waals surface area contributed by atoms with Gasteiger partial charge in [0.05, 0.1) is 6.04 Å². The molecule has 2 atom stereocenters. The number of benzene rings is 1. The Morgan fingerprint density at radius 2 is 1.80 bits per heavy atom. The van der Waals surface area contributed by atoms with Crippen LogP contribution in [0.4, 0.5) is 9.59 Å². The summed E-state index contributed by atoms with van der Waals surface area (Å²) in [5.74, 6) is 0.537. The summed E-state index contributed by atoms with van der Waals surface area (Å²) in [5, 5.41) is 0. The monoisotopic (exact) mass is 416 g/mol. The average Bonchev–Trinajstić information content (AvgIpc) is 2.65. The van der Waals surface area contributed by atoms with E-state index in [1.165, 1.54) is 6.42 Å². The van der Waals surface area contributed by atoms with Crippen LogP contribution in [0.25, 0.3) is 0 Å². The molecule has 1 aromatic carbocycles. The summed E-state index contributed by atoms with van der Waals surface area (Å²) in [5.41, 5.74) is 0.429. The molecule has 0 aromatic heterocycles. The summed E-state index contributed by atoms with van der Waals surface area (Å²) in [6.07, 6.45) is 4.67. The third kappa shape index (κ3) is 6.13. The van der Waals surface area contributed by atoms with Gasteiger partial charge in [-0.05, 0) is 64.9 Å². The normalized spacial score (nSPS) is 22.2. The number of rotatable bonds is 5. The maximum absolute atomic E-state index is 13.0. The molecule has 6 heteroatoms. The van der Waals surface area contributed by atoms with Crippen LogP contribution in [-0.4, -0.2) is 52.8 Å². The van der Waals surface area contributed by atoms with E-state index in [-0.39, 0.29) is 30.9 Å². The lowest BCUT2D eigenvalue weighted by Gasteiger charge is -2.44. The minimum atomic E-state index is -0.537. The lowest BCUT2D eigenvalue weighted by atomic mass is 9.84. The van der Waals surface area contributed by atoms with Crippen molar-refractivity contribution in [2.75, 3.05) is 13.1 Å². The SMILES string of the molecule is C[C@H]1CC[C@@H](N(CC2CCC2)C(=O)OC(C)(C)C)CN1C(=O)OCc1ccccc1. The maximum Gasteiger partial charge on any atom is 0.410 e. The van der Waals surface area contributed by atoms with Gasteiger partial charge in [0.1, 0.15) is 12.2 Å². The van der Waals surface area contributed by atoms with Crippen LogP contribution in [0.2, 0.25) is 0 Å². The van der Waals surface area contributed by atoms with Crippen LogP contribution < -0.4 is 0 Å². The Labute approximate surface area is 180 Å². The van der Waals surface area contributed by atoms with Gasteiger partial charge in [0.15, 0.2) is 0 Å². The van der Waals surface area contributed by atoms with Crippen LogP contribution in [0.15, 0.2) is 30.3 Å². The van der Waals surface area contributed by atoms with E-state index in [9.17, 15) is 9.59 Å². The van der Waals surface area contributed by atoms with E-state index in [1.807, 2.05) is 62.9 Å². The van der Waals surface area contributed by atoms with Gasteiger partial charge in [-0.25, -0.2) is 9.59 Å². The molecule has 1 aliphatic heterocycles. The highest BCUT2D eigenvalue weighted by Gasteiger charge is 2.38. The van der Waals surface area contributed by atoms with Crippen LogP contribution in [0.5, 0.6) is 0 Å². The van der Waals surface area contributed by atoms with Gasteiger partial charge in [-0.2, -0.15) is 0 Å². The molecule has 1 saturated carbocycles. The van der Waals surface area contributed by atoms with Gasteiger partial charge >= 0.3 is 12.2 Å². The van der Waals surface area contributed by atoms with Crippen LogP contribution in [-0.2, 0) is 16.1 Å². The van der Waals surface area contributed by atoms with E-state index in [2.05, 4.69) is 0 Å². The molecule has 1 heterocycles. The number of piperidine rings is 1. The smallest absolute Gasteiger partial charge is 0.410 e. The predicted molar refractivity (Wildman–Crippen MR) is 116 cm³/mol. The Morgan fingerprint density at radius 3 is 2.40 bits per heavy atom. The second-order valence-corrected chi connectivity index (χ2v) is 9.70. The first-order valence-electron chi connectivity index (χ1n) is 11.2. The molecular formula is C24H36N2O4. The Morgan fingerprint density at radius 1 is 1.10 bits per heavy atom. The molecule has 0 radical (unpaired) electrons. The first kappa shape index (κ1) is 22.4. The average molecular weight is 417 g/mol. The Bertz CT molecular complexity index is 712. The molecule has 1 aromatic rings. The van der Waals surface area contributed by atoms with Crippen molar-refractivity contribution in [3.05, 3.63) is 35.9 Å². The van der Waals surface area contributed by atoms with Crippen molar-refractivity contribution in [1.82, 2.24) is 9.80 Å². The standard InChI is InChI=1S/C24H36N2O4/c1-18-13-14-21(16-25(18)22(27)29-17-20-9-6-5-7-10-20)26(15-19-11-8-12-19)23(28)30-24(2,3)4/h5-7,9-10,18-19,21H,8,11-17H2,1-4H3/t18-,21+/m0/s1. The summed E-state index contributed by atoms with van der Waals surface area (Å²) in [6, 6.07) is 9.74. The number of carbonyl (C=O) groups is 2. The zero-order valence-electron chi connectivity index (χ0n) is 18.8. The lowest BCUT2D eigenvalue weighted by molar-refractivity contribution is -0.00812. The third-order valence-electron chi connectivity index (χ3n) is 6.05. The van der Waals surface area contributed by atoms with Gasteiger partial charge < -0.3 is 19.3 Å². The van der Waals surface area contributed by atoms with Crippen molar-refractivity contribution in [3.63, 3.8) is 0 Å². The molecule has 3 rings (SSSR count). The molecule has 0 N–H and O–H groups in total. The minimum absolute atomic E-state index is 0.0408. The second kappa shape index (κ2) is 9.71. The molecule has 2 fully saturated rings. The van der Waals surface area contributed by atoms with Crippen LogP contribution in [0.3, 0.4) is 0 Å². The van der Waals surface area contributed by atoms with Crippen molar-refractivity contribution in [2.24, 2.45) is 5.92 Å². The van der Waals surface area contributed by atoms with Gasteiger partial charge in [-0.3, -0.25) is 0 Å². The highest BCUT2D eigenvalue weighted by Crippen LogP contribution is 2.31. The summed E-state index contributed by atoms with van der Waals surface area (Å²) in [4.78, 5) is 29.4. The highest BCUT2D eigenvalue weighted by molar-refractivity contribution is 5.70. The number of carbonyl (C=O) groups excluding carboxylic acids is 2. The Balaban J connectivity index is 1.65. The number of amides is 2. The van der Waals surface area contributed by atoms with Crippen LogP contribution >= 0.6 is 0 Å². The molecule has 0 spiro atoms. The largest absolute Gasteiger partial charge is 0.445 e. The Kier molecular flexibility index (Phi) is 7.27. The molecule has 1 aliphatic carbocycles. The fourth-order valence-electron chi connectivity index (χ4n) is 4.05. The van der Waals surface area contributed by atoms with Gasteiger partial charge in [0.25, 0.3) is 0 Å². The van der Waals surface area contributed by atoms with Crippen LogP contribution in [0, 0.1) is 5.92 Å². The fourth-order valence-corrected chi connectivity index (χ4v) is 4.05. The first-order chi connectivity index (χ1) is 14.2. The molecule has 6 nitrogen and oxygen atoms in total. The summed E-state index contributed by atoms with van der Waals surface area (Å²) in [7, 11) is 0. The number of hydrogen-bond acceptors (Lipinski definition) is 4. The zero-order valence-corrected chi connectivity index (χ0v) is 18.8. The molecule has 0 bridgehead atoms. The van der Waals surface area contributed by atoms with E-state index >= 15 is 0 Å². The fraction of sp³-hybridized carbons (Fsp3) is 0.667. The van der Waals surface area contributed by atoms with Gasteiger partial charge in [-0.1, -0.05) is 36.8 Å². The van der Waals surface area contributed by atoms with E-state index < -0.39 is 5.60 Å². The lowest BCUT2D eigenvalue weighted by Crippen LogP contribution is -2.56. The van der Waals surface area contributed by atoms with E-state index in [1.54, 1.807) is 4.90 Å². The topological polar surface area (TPSA) is 59.1 Å². The van der Waals surface area contributed by atoms with Crippen molar-refractivity contribution in [3.8, 4) is 0 Å². The molecule has 2 aliphatic rings. The van der Waals surface area contributed by atoms with Crippen molar-refractivity contribution in [2.45, 2.75) is 84.1 Å². The Hall–Kier alpha value is -2.24. The third-order valence-corrected chi connectivity index (χ3v) is 6.05. The van der Waals surface area contributed by atoms with Gasteiger partial charge in [0.2, 0.25) is 0 Å². The maximum atomic E-state index is 13.0. The summed E-state index contributed by atoms with van der Waals surface area (Å²) >= 11 is 0. The molecular weight excluding hydrogens is 380 g/mol. The molecule has 0 unspecified atom stereocenters. The van der Waals surface area contributed by atoms with Crippen molar-refractivity contribution >= 4 is 12.2 Å². The number of ether oxygens (including phenoxy) is 2. The van der Waals surface area contributed by atoms with Crippen molar-refractivity contribution < 1.29 is 19.1 Å². The highest BCUT2D eigenvalue weighted by atomic mass is 16.6. The first-order valence-corrected chi connectivity index (χ1v) is 11.2. The van der Waals surface area contributed by atoms with E-state index in [0.717, 1.165) is 31.2 Å². The predicted octanol–water partition coefficient (Wildman–Crippen LogP) is 5.21. The van der Waals surface area contributed by atoms with E-state index in [4.69, 9.17) is 9.47 Å². The van der Waals surface area contributed by atoms with E-state index in [0.29, 0.717) is 19.0 Å². The molecule has 166 valence electrons. The van der Waals surface area contributed by atoms with Gasteiger partial charge in [-0.15, -0.1) is 0 Å². The molecule has 1 saturated heterocycles. The zero-order chi connectivity index (χ0) is 21.7.